The maximum absolute atomic E-state index is 12.9. The van der Waals surface area contributed by atoms with Crippen molar-refractivity contribution in [3.05, 3.63) is 42.0 Å². The number of benzene rings is 1. The number of aliphatic imine (C=N–C) groups is 1. The third kappa shape index (κ3) is 6.02. The van der Waals surface area contributed by atoms with Crippen LogP contribution in [0.4, 0.5) is 4.39 Å². The highest BCUT2D eigenvalue weighted by molar-refractivity contribution is 5.77. The van der Waals surface area contributed by atoms with Crippen LogP contribution in [0, 0.1) is 5.82 Å². The van der Waals surface area contributed by atoms with E-state index in [-0.39, 0.29) is 5.82 Å². The van der Waals surface area contributed by atoms with Crippen LogP contribution in [-0.2, 0) is 6.42 Å². The first-order valence-electron chi connectivity index (χ1n) is 8.43. The molecule has 0 aliphatic rings. The summed E-state index contributed by atoms with van der Waals surface area (Å²) in [5.74, 6) is 0.676. The summed E-state index contributed by atoms with van der Waals surface area (Å²) < 4.78 is 18.3. The molecule has 1 aromatic carbocycles. The van der Waals surface area contributed by atoms with Gasteiger partial charge in [0.2, 0.25) is 5.89 Å². The van der Waals surface area contributed by atoms with E-state index in [9.17, 15) is 4.39 Å². The molecule has 0 aliphatic carbocycles. The highest BCUT2D eigenvalue weighted by atomic mass is 19.1. The van der Waals surface area contributed by atoms with Crippen molar-refractivity contribution < 1.29 is 8.81 Å². The Labute approximate surface area is 142 Å². The van der Waals surface area contributed by atoms with Crippen LogP contribution in [-0.4, -0.2) is 24.0 Å². The number of hydrogen-bond acceptors (Lipinski definition) is 3. The summed E-state index contributed by atoms with van der Waals surface area (Å²) in [4.78, 5) is 8.69. The molecule has 0 saturated heterocycles. The van der Waals surface area contributed by atoms with Gasteiger partial charge in [-0.25, -0.2) is 9.37 Å². The number of unbranched alkanes of at least 4 members (excludes halogenated alkanes) is 3. The lowest BCUT2D eigenvalue weighted by molar-refractivity contribution is 0.571. The molecule has 0 atom stereocenters. The summed E-state index contributed by atoms with van der Waals surface area (Å²) in [7, 11) is 0. The Balaban J connectivity index is 1.73. The summed E-state index contributed by atoms with van der Waals surface area (Å²) >= 11 is 0. The lowest BCUT2D eigenvalue weighted by atomic mass is 10.2. The minimum atomic E-state index is -0.279. The van der Waals surface area contributed by atoms with Gasteiger partial charge in [0.25, 0.3) is 0 Å². The lowest BCUT2D eigenvalue weighted by Gasteiger charge is -2.04. The predicted molar refractivity (Wildman–Crippen MR) is 94.2 cm³/mol. The van der Waals surface area contributed by atoms with Gasteiger partial charge < -0.3 is 15.5 Å². The van der Waals surface area contributed by atoms with Gasteiger partial charge >= 0.3 is 0 Å². The molecule has 6 heteroatoms. The quantitative estimate of drug-likeness (QED) is 0.418. The summed E-state index contributed by atoms with van der Waals surface area (Å²) in [5.41, 5.74) is 7.39. The predicted octanol–water partition coefficient (Wildman–Crippen LogP) is 3.51. The third-order valence-electron chi connectivity index (χ3n) is 3.62. The van der Waals surface area contributed by atoms with E-state index in [1.54, 1.807) is 18.4 Å². The number of oxazole rings is 1. The zero-order valence-electron chi connectivity index (χ0n) is 14.1. The molecule has 1 heterocycles. The number of nitrogens with two attached hydrogens (primary N) is 1. The van der Waals surface area contributed by atoms with Gasteiger partial charge in [0.15, 0.2) is 5.96 Å². The number of nitrogens with one attached hydrogen (secondary N) is 1. The van der Waals surface area contributed by atoms with E-state index in [1.807, 2.05) is 0 Å². The summed E-state index contributed by atoms with van der Waals surface area (Å²) in [5, 5.41) is 3.08. The fraction of sp³-hybridized carbons (Fsp3) is 0.444. The van der Waals surface area contributed by atoms with Crippen LogP contribution in [0.15, 0.2) is 39.9 Å². The first-order chi connectivity index (χ1) is 11.7. The maximum atomic E-state index is 12.9. The maximum Gasteiger partial charge on any atom is 0.226 e. The van der Waals surface area contributed by atoms with Crippen LogP contribution in [0.2, 0.25) is 0 Å². The summed E-state index contributed by atoms with van der Waals surface area (Å²) in [6, 6.07) is 6.07. The van der Waals surface area contributed by atoms with E-state index in [1.165, 1.54) is 31.4 Å². The SMILES string of the molecule is CCCCCCN=C(N)NCCc1coc(-c2ccc(F)cc2)n1. The van der Waals surface area contributed by atoms with Gasteiger partial charge in [0.05, 0.1) is 5.69 Å². The first-order valence-corrected chi connectivity index (χ1v) is 8.43. The molecule has 1 aromatic heterocycles. The molecule has 5 nitrogen and oxygen atoms in total. The lowest BCUT2D eigenvalue weighted by Crippen LogP contribution is -2.33. The Morgan fingerprint density at radius 3 is 2.79 bits per heavy atom. The minimum Gasteiger partial charge on any atom is -0.444 e. The van der Waals surface area contributed by atoms with Gasteiger partial charge in [-0.2, -0.15) is 0 Å². The molecule has 130 valence electrons. The first kappa shape index (κ1) is 18.0. The van der Waals surface area contributed by atoms with E-state index >= 15 is 0 Å². The van der Waals surface area contributed by atoms with Crippen molar-refractivity contribution in [3.8, 4) is 11.5 Å². The van der Waals surface area contributed by atoms with E-state index in [0.717, 1.165) is 24.2 Å². The van der Waals surface area contributed by atoms with E-state index < -0.39 is 0 Å². The third-order valence-corrected chi connectivity index (χ3v) is 3.62. The molecule has 3 N–H and O–H groups in total. The molecule has 0 fully saturated rings. The Morgan fingerprint density at radius 2 is 2.04 bits per heavy atom. The van der Waals surface area contributed by atoms with Crippen molar-refractivity contribution >= 4 is 5.96 Å². The van der Waals surface area contributed by atoms with Gasteiger partial charge in [-0.15, -0.1) is 0 Å². The average Bonchev–Trinajstić information content (AvgIpc) is 3.04. The smallest absolute Gasteiger partial charge is 0.226 e. The molecule has 0 unspecified atom stereocenters. The van der Waals surface area contributed by atoms with Crippen molar-refractivity contribution in [1.82, 2.24) is 10.3 Å². The standard InChI is InChI=1S/C18H25FN4O/c1-2-3-4-5-11-21-18(20)22-12-10-16-13-24-17(23-16)14-6-8-15(19)9-7-14/h6-9,13H,2-5,10-12H2,1H3,(H3,20,21,22). The molecule has 0 aliphatic heterocycles. The normalized spacial score (nSPS) is 11.7. The van der Waals surface area contributed by atoms with Crippen molar-refractivity contribution in [2.24, 2.45) is 10.7 Å². The molecule has 2 aromatic rings. The van der Waals surface area contributed by atoms with Crippen molar-refractivity contribution in [2.45, 2.75) is 39.0 Å². The Kier molecular flexibility index (Phi) is 7.26. The van der Waals surface area contributed by atoms with Gasteiger partial charge in [0.1, 0.15) is 12.1 Å². The fourth-order valence-electron chi connectivity index (χ4n) is 2.26. The summed E-state index contributed by atoms with van der Waals surface area (Å²) in [6.45, 7) is 3.59. The second-order valence-corrected chi connectivity index (χ2v) is 5.66. The molecular formula is C18H25FN4O. The molecule has 0 saturated carbocycles. The van der Waals surface area contributed by atoms with E-state index in [2.05, 4.69) is 22.2 Å². The Bertz CT molecular complexity index is 637. The second kappa shape index (κ2) is 9.70. The number of guanidine groups is 1. The van der Waals surface area contributed by atoms with Crippen LogP contribution in [0.5, 0.6) is 0 Å². The van der Waals surface area contributed by atoms with Crippen LogP contribution < -0.4 is 11.1 Å². The van der Waals surface area contributed by atoms with Gasteiger partial charge in [0, 0.05) is 25.1 Å². The molecular weight excluding hydrogens is 307 g/mol. The molecule has 0 amide bonds. The minimum absolute atomic E-state index is 0.279. The number of hydrogen-bond donors (Lipinski definition) is 2. The number of aromatic nitrogens is 1. The number of rotatable bonds is 9. The molecule has 0 radical (unpaired) electrons. The summed E-state index contributed by atoms with van der Waals surface area (Å²) in [6.07, 6.45) is 7.01. The number of halogens is 1. The monoisotopic (exact) mass is 332 g/mol. The molecule has 2 rings (SSSR count). The average molecular weight is 332 g/mol. The Hall–Kier alpha value is -2.37. The largest absolute Gasteiger partial charge is 0.444 e. The zero-order valence-corrected chi connectivity index (χ0v) is 14.1. The van der Waals surface area contributed by atoms with E-state index in [4.69, 9.17) is 10.2 Å². The van der Waals surface area contributed by atoms with Gasteiger partial charge in [-0.1, -0.05) is 26.2 Å². The van der Waals surface area contributed by atoms with Gasteiger partial charge in [-0.3, -0.25) is 4.99 Å². The molecule has 0 spiro atoms. The van der Waals surface area contributed by atoms with Crippen LogP contribution in [0.3, 0.4) is 0 Å². The van der Waals surface area contributed by atoms with Crippen molar-refractivity contribution in [3.63, 3.8) is 0 Å². The highest BCUT2D eigenvalue weighted by Crippen LogP contribution is 2.18. The molecule has 0 bridgehead atoms. The topological polar surface area (TPSA) is 76.4 Å². The Morgan fingerprint density at radius 1 is 1.25 bits per heavy atom. The van der Waals surface area contributed by atoms with Crippen LogP contribution in [0.25, 0.3) is 11.5 Å². The number of nitrogens with zero attached hydrogens (tertiary/aromatic N) is 2. The van der Waals surface area contributed by atoms with Gasteiger partial charge in [-0.05, 0) is 30.7 Å². The molecule has 24 heavy (non-hydrogen) atoms. The van der Waals surface area contributed by atoms with Crippen LogP contribution in [0.1, 0.15) is 38.3 Å². The second-order valence-electron chi connectivity index (χ2n) is 5.66. The fourth-order valence-corrected chi connectivity index (χ4v) is 2.26. The van der Waals surface area contributed by atoms with Crippen molar-refractivity contribution in [2.75, 3.05) is 13.1 Å². The highest BCUT2D eigenvalue weighted by Gasteiger charge is 2.06. The van der Waals surface area contributed by atoms with Crippen LogP contribution >= 0.6 is 0 Å². The van der Waals surface area contributed by atoms with E-state index in [0.29, 0.717) is 24.8 Å². The van der Waals surface area contributed by atoms with Crippen molar-refractivity contribution in [1.29, 1.82) is 0 Å². The zero-order chi connectivity index (χ0) is 17.2.